The molecular formula is C20H33N5. The van der Waals surface area contributed by atoms with Crippen molar-refractivity contribution in [1.82, 2.24) is 19.8 Å². The highest BCUT2D eigenvalue weighted by Crippen LogP contribution is 2.28. The highest BCUT2D eigenvalue weighted by atomic mass is 15.3. The van der Waals surface area contributed by atoms with E-state index < -0.39 is 0 Å². The van der Waals surface area contributed by atoms with Crippen LogP contribution in [0.4, 0.5) is 5.82 Å². The number of anilines is 1. The number of nitrogens with zero attached hydrogens (tertiary/aromatic N) is 5. The molecule has 5 nitrogen and oxygen atoms in total. The average molecular weight is 344 g/mol. The van der Waals surface area contributed by atoms with E-state index in [1.54, 1.807) is 6.33 Å². The first-order valence-corrected chi connectivity index (χ1v) is 10.2. The van der Waals surface area contributed by atoms with Crippen molar-refractivity contribution < 1.29 is 0 Å². The first-order valence-electron chi connectivity index (χ1n) is 10.2. The molecule has 1 aromatic heterocycles. The third kappa shape index (κ3) is 3.82. The van der Waals surface area contributed by atoms with E-state index in [1.165, 1.54) is 56.0 Å². The van der Waals surface area contributed by atoms with E-state index in [1.807, 2.05) is 0 Å². The van der Waals surface area contributed by atoms with E-state index in [4.69, 9.17) is 4.98 Å². The van der Waals surface area contributed by atoms with Crippen LogP contribution in [0.3, 0.4) is 0 Å². The summed E-state index contributed by atoms with van der Waals surface area (Å²) in [6, 6.07) is 0.870. The lowest BCUT2D eigenvalue weighted by atomic mass is 9.91. The maximum atomic E-state index is 4.73. The highest BCUT2D eigenvalue weighted by Gasteiger charge is 2.29. The highest BCUT2D eigenvalue weighted by molar-refractivity contribution is 5.49. The van der Waals surface area contributed by atoms with Gasteiger partial charge in [-0.15, -0.1) is 0 Å². The molecule has 0 radical (unpaired) electrons. The number of rotatable bonds is 4. The minimum absolute atomic E-state index is 0.728. The largest absolute Gasteiger partial charge is 0.354 e. The zero-order valence-electron chi connectivity index (χ0n) is 16.0. The summed E-state index contributed by atoms with van der Waals surface area (Å²) in [6.07, 6.45) is 8.21. The predicted molar refractivity (Wildman–Crippen MR) is 102 cm³/mol. The number of piperazine rings is 1. The van der Waals surface area contributed by atoms with Crippen molar-refractivity contribution in [3.8, 4) is 0 Å². The fraction of sp³-hybridized carbons (Fsp3) is 0.800. The van der Waals surface area contributed by atoms with Crippen molar-refractivity contribution in [2.75, 3.05) is 50.7 Å². The van der Waals surface area contributed by atoms with Gasteiger partial charge in [-0.1, -0.05) is 20.3 Å². The molecule has 3 aliphatic rings. The minimum atomic E-state index is 0.728. The van der Waals surface area contributed by atoms with E-state index in [9.17, 15) is 0 Å². The summed E-state index contributed by atoms with van der Waals surface area (Å²) in [7, 11) is 0. The van der Waals surface area contributed by atoms with Crippen molar-refractivity contribution in [3.63, 3.8) is 0 Å². The Hall–Kier alpha value is -1.20. The second-order valence-corrected chi connectivity index (χ2v) is 8.42. The molecule has 1 saturated heterocycles. The lowest BCUT2D eigenvalue weighted by molar-refractivity contribution is 0.120. The second kappa shape index (κ2) is 7.58. The van der Waals surface area contributed by atoms with Crippen LogP contribution in [-0.4, -0.2) is 71.6 Å². The molecule has 0 unspecified atom stereocenters. The predicted octanol–water partition coefficient (Wildman–Crippen LogP) is 2.21. The van der Waals surface area contributed by atoms with Crippen LogP contribution in [0.5, 0.6) is 0 Å². The van der Waals surface area contributed by atoms with Gasteiger partial charge in [0.05, 0.1) is 5.69 Å². The van der Waals surface area contributed by atoms with Crippen molar-refractivity contribution in [2.45, 2.75) is 52.0 Å². The maximum Gasteiger partial charge on any atom is 0.135 e. The van der Waals surface area contributed by atoms with E-state index in [-0.39, 0.29) is 0 Å². The molecule has 2 fully saturated rings. The Morgan fingerprint density at radius 1 is 1.00 bits per heavy atom. The summed E-state index contributed by atoms with van der Waals surface area (Å²) in [5, 5.41) is 0. The van der Waals surface area contributed by atoms with E-state index in [2.05, 4.69) is 33.5 Å². The molecular weight excluding hydrogens is 310 g/mol. The molecule has 2 aliphatic heterocycles. The molecule has 0 bridgehead atoms. The van der Waals surface area contributed by atoms with Gasteiger partial charge in [-0.05, 0) is 25.2 Å². The van der Waals surface area contributed by atoms with Crippen LogP contribution in [0.25, 0.3) is 0 Å². The fourth-order valence-electron chi connectivity index (χ4n) is 4.58. The Bertz CT molecular complexity index is 575. The van der Waals surface area contributed by atoms with Gasteiger partial charge in [0.15, 0.2) is 0 Å². The van der Waals surface area contributed by atoms with Crippen LogP contribution in [-0.2, 0) is 12.8 Å². The SMILES string of the molecule is CC(C)CN1CCc2ncnc(N3CCN(C4CCC4)CC3)c2CC1. The van der Waals surface area contributed by atoms with Crippen LogP contribution in [0.2, 0.25) is 0 Å². The van der Waals surface area contributed by atoms with Gasteiger partial charge < -0.3 is 9.80 Å². The third-order valence-corrected chi connectivity index (χ3v) is 6.18. The van der Waals surface area contributed by atoms with Crippen molar-refractivity contribution >= 4 is 5.82 Å². The number of hydrogen-bond donors (Lipinski definition) is 0. The molecule has 0 amide bonds. The molecule has 138 valence electrons. The van der Waals surface area contributed by atoms with Gasteiger partial charge in [-0.2, -0.15) is 0 Å². The molecule has 0 spiro atoms. The van der Waals surface area contributed by atoms with E-state index >= 15 is 0 Å². The van der Waals surface area contributed by atoms with Gasteiger partial charge in [0.1, 0.15) is 12.1 Å². The second-order valence-electron chi connectivity index (χ2n) is 8.42. The summed E-state index contributed by atoms with van der Waals surface area (Å²) in [5.74, 6) is 1.95. The lowest BCUT2D eigenvalue weighted by Gasteiger charge is -2.43. The van der Waals surface area contributed by atoms with E-state index in [0.717, 1.165) is 51.0 Å². The quantitative estimate of drug-likeness (QED) is 0.838. The molecule has 1 saturated carbocycles. The molecule has 3 heterocycles. The van der Waals surface area contributed by atoms with Crippen LogP contribution < -0.4 is 4.90 Å². The van der Waals surface area contributed by atoms with Gasteiger partial charge in [0.25, 0.3) is 0 Å². The molecule has 0 atom stereocenters. The van der Waals surface area contributed by atoms with Crippen LogP contribution in [0.1, 0.15) is 44.4 Å². The first-order chi connectivity index (χ1) is 12.2. The number of hydrogen-bond acceptors (Lipinski definition) is 5. The van der Waals surface area contributed by atoms with Crippen molar-refractivity contribution in [1.29, 1.82) is 0 Å². The Kier molecular flexibility index (Phi) is 5.23. The van der Waals surface area contributed by atoms with Crippen molar-refractivity contribution in [2.24, 2.45) is 5.92 Å². The fourth-order valence-corrected chi connectivity index (χ4v) is 4.58. The monoisotopic (exact) mass is 343 g/mol. The Balaban J connectivity index is 1.44. The normalized spacial score (nSPS) is 23.4. The van der Waals surface area contributed by atoms with Gasteiger partial charge in [-0.3, -0.25) is 4.90 Å². The smallest absolute Gasteiger partial charge is 0.135 e. The van der Waals surface area contributed by atoms with Gasteiger partial charge in [-0.25, -0.2) is 9.97 Å². The van der Waals surface area contributed by atoms with Crippen LogP contribution in [0, 0.1) is 5.92 Å². The Morgan fingerprint density at radius 3 is 2.44 bits per heavy atom. The summed E-state index contributed by atoms with van der Waals surface area (Å²) in [6.45, 7) is 12.7. The maximum absolute atomic E-state index is 4.73. The van der Waals surface area contributed by atoms with E-state index in [0.29, 0.717) is 0 Å². The van der Waals surface area contributed by atoms with Crippen LogP contribution in [0.15, 0.2) is 6.33 Å². The van der Waals surface area contributed by atoms with Gasteiger partial charge in [0.2, 0.25) is 0 Å². The topological polar surface area (TPSA) is 35.5 Å². The molecule has 5 heteroatoms. The Labute approximate surface area is 152 Å². The Morgan fingerprint density at radius 2 is 1.76 bits per heavy atom. The zero-order chi connectivity index (χ0) is 17.2. The minimum Gasteiger partial charge on any atom is -0.354 e. The van der Waals surface area contributed by atoms with Gasteiger partial charge in [0, 0.05) is 63.8 Å². The molecule has 4 rings (SSSR count). The first kappa shape index (κ1) is 17.2. The summed E-state index contributed by atoms with van der Waals surface area (Å²) >= 11 is 0. The molecule has 25 heavy (non-hydrogen) atoms. The zero-order valence-corrected chi connectivity index (χ0v) is 16.0. The molecule has 0 N–H and O–H groups in total. The van der Waals surface area contributed by atoms with Crippen molar-refractivity contribution in [3.05, 3.63) is 17.6 Å². The van der Waals surface area contributed by atoms with Gasteiger partial charge >= 0.3 is 0 Å². The summed E-state index contributed by atoms with van der Waals surface area (Å²) in [4.78, 5) is 17.2. The number of fused-ring (bicyclic) bond motifs is 1. The summed E-state index contributed by atoms with van der Waals surface area (Å²) < 4.78 is 0. The molecule has 1 aliphatic carbocycles. The third-order valence-electron chi connectivity index (χ3n) is 6.18. The summed E-state index contributed by atoms with van der Waals surface area (Å²) in [5.41, 5.74) is 2.71. The average Bonchev–Trinajstić information content (AvgIpc) is 2.76. The molecule has 1 aromatic rings. The number of aromatic nitrogens is 2. The lowest BCUT2D eigenvalue weighted by Crippen LogP contribution is -2.52. The van der Waals surface area contributed by atoms with Crippen LogP contribution >= 0.6 is 0 Å². The standard InChI is InChI=1S/C20H33N5/c1-16(2)14-23-8-6-18-19(7-9-23)21-15-22-20(18)25-12-10-24(11-13-25)17-4-3-5-17/h15-17H,3-14H2,1-2H3. The molecule has 0 aromatic carbocycles.